The van der Waals surface area contributed by atoms with Crippen LogP contribution >= 0.6 is 31.9 Å². The van der Waals surface area contributed by atoms with Crippen molar-refractivity contribution < 1.29 is 14.3 Å². The molecule has 0 saturated carbocycles. The highest BCUT2D eigenvalue weighted by Crippen LogP contribution is 2.27. The van der Waals surface area contributed by atoms with Crippen molar-refractivity contribution >= 4 is 49.1 Å². The summed E-state index contributed by atoms with van der Waals surface area (Å²) in [6, 6.07) is 13.0. The minimum Gasteiger partial charge on any atom is -0.497 e. The highest BCUT2D eigenvalue weighted by Gasteiger charge is 2.13. The van der Waals surface area contributed by atoms with Crippen molar-refractivity contribution in [1.29, 1.82) is 0 Å². The molecule has 0 radical (unpaired) electrons. The van der Waals surface area contributed by atoms with Gasteiger partial charge in [-0.3, -0.25) is 0 Å². The van der Waals surface area contributed by atoms with E-state index in [1.54, 1.807) is 32.4 Å². The number of hydrogen-bond acceptors (Lipinski definition) is 4. The number of hydrogen-bond donors (Lipinski definition) is 1. The van der Waals surface area contributed by atoms with Crippen LogP contribution in [0.3, 0.4) is 0 Å². The van der Waals surface area contributed by atoms with Crippen LogP contribution in [0, 0.1) is 0 Å². The van der Waals surface area contributed by atoms with E-state index in [4.69, 9.17) is 9.47 Å². The molecule has 2 aromatic carbocycles. The average molecular weight is 455 g/mol. The highest BCUT2D eigenvalue weighted by atomic mass is 79.9. The summed E-state index contributed by atoms with van der Waals surface area (Å²) in [6.07, 6.45) is 1.65. The van der Waals surface area contributed by atoms with Gasteiger partial charge in [0.1, 0.15) is 5.75 Å². The molecule has 0 heterocycles. The molecule has 0 fully saturated rings. The van der Waals surface area contributed by atoms with E-state index in [-0.39, 0.29) is 5.97 Å². The van der Waals surface area contributed by atoms with Gasteiger partial charge in [0, 0.05) is 15.1 Å². The Morgan fingerprint density at radius 2 is 1.88 bits per heavy atom. The van der Waals surface area contributed by atoms with Gasteiger partial charge in [0.15, 0.2) is 0 Å². The molecule has 0 aromatic heterocycles. The largest absolute Gasteiger partial charge is 0.497 e. The number of nitrogens with one attached hydrogen (secondary N) is 1. The first-order valence-corrected chi connectivity index (χ1v) is 8.87. The second kappa shape index (κ2) is 8.89. The predicted molar refractivity (Wildman–Crippen MR) is 103 cm³/mol. The maximum Gasteiger partial charge on any atom is 0.340 e. The third kappa shape index (κ3) is 4.85. The lowest BCUT2D eigenvalue weighted by atomic mass is 10.1. The molecular weight excluding hydrogens is 438 g/mol. The number of carbonyl (C=O) groups excluding carboxylic acids is 1. The van der Waals surface area contributed by atoms with Crippen LogP contribution in [0.2, 0.25) is 0 Å². The fourth-order valence-electron chi connectivity index (χ4n) is 2.00. The van der Waals surface area contributed by atoms with Crippen LogP contribution in [0.1, 0.15) is 12.5 Å². The van der Waals surface area contributed by atoms with Crippen LogP contribution in [0.15, 0.2) is 57.6 Å². The standard InChI is InChI=1S/C18H17Br2NO3/c1-3-24-18(22)15(12-4-7-14(23-2)8-5-12)11-21-17-9-6-13(19)10-16(17)20/h4-11,21H,3H2,1-2H3/b15-11-. The van der Waals surface area contributed by atoms with Crippen molar-refractivity contribution in [2.45, 2.75) is 6.92 Å². The van der Waals surface area contributed by atoms with Gasteiger partial charge in [-0.05, 0) is 58.7 Å². The van der Waals surface area contributed by atoms with Crippen LogP contribution in [-0.4, -0.2) is 19.7 Å². The molecule has 1 N–H and O–H groups in total. The van der Waals surface area contributed by atoms with Gasteiger partial charge in [-0.2, -0.15) is 0 Å². The van der Waals surface area contributed by atoms with Gasteiger partial charge in [-0.1, -0.05) is 28.1 Å². The first-order valence-electron chi connectivity index (χ1n) is 7.28. The van der Waals surface area contributed by atoms with Crippen LogP contribution in [-0.2, 0) is 9.53 Å². The van der Waals surface area contributed by atoms with Crippen molar-refractivity contribution in [1.82, 2.24) is 0 Å². The first kappa shape index (κ1) is 18.5. The summed E-state index contributed by atoms with van der Waals surface area (Å²) in [6.45, 7) is 2.09. The molecule has 4 nitrogen and oxygen atoms in total. The van der Waals surface area contributed by atoms with Crippen molar-refractivity contribution in [3.63, 3.8) is 0 Å². The minimum absolute atomic E-state index is 0.314. The Balaban J connectivity index is 2.32. The smallest absolute Gasteiger partial charge is 0.340 e. The topological polar surface area (TPSA) is 47.6 Å². The first-order chi connectivity index (χ1) is 11.5. The van der Waals surface area contributed by atoms with Gasteiger partial charge in [0.2, 0.25) is 0 Å². The van der Waals surface area contributed by atoms with E-state index < -0.39 is 0 Å². The highest BCUT2D eigenvalue weighted by molar-refractivity contribution is 9.11. The quantitative estimate of drug-likeness (QED) is 0.479. The van der Waals surface area contributed by atoms with Crippen LogP contribution in [0.5, 0.6) is 5.75 Å². The number of anilines is 1. The molecule has 0 aliphatic carbocycles. The summed E-state index contributed by atoms with van der Waals surface area (Å²) in [5.74, 6) is 0.342. The number of ether oxygens (including phenoxy) is 2. The van der Waals surface area contributed by atoms with Crippen LogP contribution < -0.4 is 10.1 Å². The SMILES string of the molecule is CCOC(=O)/C(=C\Nc1ccc(Br)cc1Br)c1ccc(OC)cc1. The second-order valence-electron chi connectivity index (χ2n) is 4.78. The molecule has 2 aromatic rings. The normalized spacial score (nSPS) is 11.1. The average Bonchev–Trinajstić information content (AvgIpc) is 2.57. The molecule has 2 rings (SSSR count). The van der Waals surface area contributed by atoms with Gasteiger partial charge in [0.25, 0.3) is 0 Å². The number of methoxy groups -OCH3 is 1. The zero-order valence-corrected chi connectivity index (χ0v) is 16.5. The summed E-state index contributed by atoms with van der Waals surface area (Å²) in [5, 5.41) is 3.14. The minimum atomic E-state index is -0.386. The predicted octanol–water partition coefficient (Wildman–Crippen LogP) is 5.24. The zero-order valence-electron chi connectivity index (χ0n) is 13.3. The molecule has 0 bridgehead atoms. The molecule has 0 aliphatic rings. The van der Waals surface area contributed by atoms with Crippen LogP contribution in [0.25, 0.3) is 5.57 Å². The zero-order chi connectivity index (χ0) is 17.5. The van der Waals surface area contributed by atoms with E-state index in [1.807, 2.05) is 30.3 Å². The van der Waals surface area contributed by atoms with E-state index in [9.17, 15) is 4.79 Å². The Kier molecular flexibility index (Phi) is 6.87. The van der Waals surface area contributed by atoms with Gasteiger partial charge in [-0.25, -0.2) is 4.79 Å². The molecule has 6 heteroatoms. The molecule has 0 amide bonds. The summed E-state index contributed by atoms with van der Waals surface area (Å²) < 4.78 is 12.1. The number of benzene rings is 2. The van der Waals surface area contributed by atoms with Gasteiger partial charge < -0.3 is 14.8 Å². The van der Waals surface area contributed by atoms with E-state index in [0.717, 1.165) is 25.9 Å². The Morgan fingerprint density at radius 1 is 1.17 bits per heavy atom. The Hall–Kier alpha value is -1.79. The molecular formula is C18H17Br2NO3. The molecule has 0 saturated heterocycles. The summed E-state index contributed by atoms with van der Waals surface area (Å²) in [4.78, 5) is 12.3. The van der Waals surface area contributed by atoms with Gasteiger partial charge in [-0.15, -0.1) is 0 Å². The molecule has 0 atom stereocenters. The maximum absolute atomic E-state index is 12.3. The number of esters is 1. The van der Waals surface area contributed by atoms with Crippen molar-refractivity contribution in [2.75, 3.05) is 19.0 Å². The Bertz CT molecular complexity index is 742. The Labute approximate surface area is 158 Å². The number of rotatable bonds is 6. The molecule has 126 valence electrons. The third-order valence-corrected chi connectivity index (χ3v) is 4.35. The van der Waals surface area contributed by atoms with Crippen molar-refractivity contribution in [2.24, 2.45) is 0 Å². The maximum atomic E-state index is 12.3. The van der Waals surface area contributed by atoms with E-state index in [1.165, 1.54) is 0 Å². The van der Waals surface area contributed by atoms with E-state index in [0.29, 0.717) is 12.2 Å². The summed E-state index contributed by atoms with van der Waals surface area (Å²) >= 11 is 6.90. The number of halogens is 2. The fraction of sp³-hybridized carbons (Fsp3) is 0.167. The third-order valence-electron chi connectivity index (χ3n) is 3.20. The number of carbonyl (C=O) groups is 1. The van der Waals surface area contributed by atoms with Crippen molar-refractivity contribution in [3.8, 4) is 5.75 Å². The molecule has 24 heavy (non-hydrogen) atoms. The molecule has 0 aliphatic heterocycles. The second-order valence-corrected chi connectivity index (χ2v) is 6.55. The van der Waals surface area contributed by atoms with Gasteiger partial charge >= 0.3 is 5.97 Å². The van der Waals surface area contributed by atoms with E-state index in [2.05, 4.69) is 37.2 Å². The lowest BCUT2D eigenvalue weighted by molar-refractivity contribution is -0.136. The van der Waals surface area contributed by atoms with Gasteiger partial charge in [0.05, 0.1) is 25.0 Å². The lowest BCUT2D eigenvalue weighted by Gasteiger charge is -2.10. The van der Waals surface area contributed by atoms with Crippen molar-refractivity contribution in [3.05, 3.63) is 63.2 Å². The Morgan fingerprint density at radius 3 is 2.46 bits per heavy atom. The monoisotopic (exact) mass is 453 g/mol. The van der Waals surface area contributed by atoms with E-state index >= 15 is 0 Å². The molecule has 0 unspecified atom stereocenters. The van der Waals surface area contributed by atoms with Crippen LogP contribution in [0.4, 0.5) is 5.69 Å². The lowest BCUT2D eigenvalue weighted by Crippen LogP contribution is -2.08. The summed E-state index contributed by atoms with van der Waals surface area (Å²) in [7, 11) is 1.60. The fourth-order valence-corrected chi connectivity index (χ4v) is 3.16. The molecule has 0 spiro atoms. The summed E-state index contributed by atoms with van der Waals surface area (Å²) in [5.41, 5.74) is 2.03.